The molecule has 0 radical (unpaired) electrons. The van der Waals surface area contributed by atoms with Gasteiger partial charge in [-0.1, -0.05) is 0 Å². The van der Waals surface area contributed by atoms with Crippen LogP contribution in [0.4, 0.5) is 0 Å². The van der Waals surface area contributed by atoms with E-state index in [1.54, 1.807) is 31.2 Å². The maximum Gasteiger partial charge on any atom is 0.254 e. The molecule has 1 amide bonds. The van der Waals surface area contributed by atoms with Crippen molar-refractivity contribution in [1.82, 2.24) is 4.90 Å². The number of amides is 1. The Bertz CT molecular complexity index is 488. The number of hydrogen-bond acceptors (Lipinski definition) is 3. The zero-order valence-corrected chi connectivity index (χ0v) is 11.0. The second-order valence-electron chi connectivity index (χ2n) is 5.07. The first-order chi connectivity index (χ1) is 9.11. The number of benzene rings is 1. The molecular formula is C15H18N2O2. The van der Waals surface area contributed by atoms with Gasteiger partial charge in [0.1, 0.15) is 0 Å². The van der Waals surface area contributed by atoms with E-state index < -0.39 is 0 Å². The van der Waals surface area contributed by atoms with Gasteiger partial charge in [-0.3, -0.25) is 4.79 Å². The Labute approximate surface area is 113 Å². The summed E-state index contributed by atoms with van der Waals surface area (Å²) in [5.74, 6) is -0.00682. The average molecular weight is 258 g/mol. The van der Waals surface area contributed by atoms with Crippen LogP contribution in [0.2, 0.25) is 0 Å². The predicted molar refractivity (Wildman–Crippen MR) is 71.5 cm³/mol. The Morgan fingerprint density at radius 2 is 2.21 bits per heavy atom. The van der Waals surface area contributed by atoms with Crippen molar-refractivity contribution in [3.05, 3.63) is 35.4 Å². The van der Waals surface area contributed by atoms with Gasteiger partial charge in [0.05, 0.1) is 17.7 Å². The molecule has 0 aliphatic carbocycles. The molecule has 19 heavy (non-hydrogen) atoms. The Morgan fingerprint density at radius 3 is 2.79 bits per heavy atom. The topological polar surface area (TPSA) is 64.3 Å². The Hall–Kier alpha value is -1.86. The minimum absolute atomic E-state index is 0.00682. The highest BCUT2D eigenvalue weighted by atomic mass is 16.3. The van der Waals surface area contributed by atoms with E-state index in [1.807, 2.05) is 11.0 Å². The monoisotopic (exact) mass is 258 g/mol. The molecule has 4 heteroatoms. The molecule has 1 aromatic carbocycles. The molecule has 0 saturated carbocycles. The molecule has 1 aliphatic rings. The molecule has 2 rings (SSSR count). The Kier molecular flexibility index (Phi) is 4.18. The zero-order valence-electron chi connectivity index (χ0n) is 11.0. The first-order valence-electron chi connectivity index (χ1n) is 6.61. The van der Waals surface area contributed by atoms with Crippen LogP contribution in [0.5, 0.6) is 0 Å². The third-order valence-corrected chi connectivity index (χ3v) is 3.51. The number of aliphatic hydroxyl groups is 1. The molecule has 1 heterocycles. The molecule has 4 nitrogen and oxygen atoms in total. The highest BCUT2D eigenvalue weighted by molar-refractivity contribution is 5.94. The number of likely N-dealkylation sites (tertiary alicyclic amines) is 1. The normalized spacial score (nSPS) is 20.1. The largest absolute Gasteiger partial charge is 0.393 e. The van der Waals surface area contributed by atoms with Crippen LogP contribution in [0.15, 0.2) is 24.3 Å². The molecule has 2 atom stereocenters. The fraction of sp³-hybridized carbons (Fsp3) is 0.467. The van der Waals surface area contributed by atoms with Crippen molar-refractivity contribution in [2.75, 3.05) is 6.54 Å². The molecule has 2 unspecified atom stereocenters. The van der Waals surface area contributed by atoms with Crippen LogP contribution < -0.4 is 0 Å². The average Bonchev–Trinajstić information content (AvgIpc) is 2.85. The summed E-state index contributed by atoms with van der Waals surface area (Å²) in [6, 6.07) is 8.87. The van der Waals surface area contributed by atoms with Gasteiger partial charge in [0.15, 0.2) is 0 Å². The summed E-state index contributed by atoms with van der Waals surface area (Å²) in [5, 5.41) is 18.2. The third kappa shape index (κ3) is 3.12. The Morgan fingerprint density at radius 1 is 1.53 bits per heavy atom. The fourth-order valence-electron chi connectivity index (χ4n) is 2.60. The van der Waals surface area contributed by atoms with Crippen LogP contribution >= 0.6 is 0 Å². The third-order valence-electron chi connectivity index (χ3n) is 3.51. The van der Waals surface area contributed by atoms with E-state index in [0.29, 0.717) is 17.5 Å². The van der Waals surface area contributed by atoms with E-state index in [4.69, 9.17) is 5.26 Å². The number of carbonyl (C=O) groups excluding carboxylic acids is 1. The van der Waals surface area contributed by atoms with Crippen LogP contribution in [0, 0.1) is 11.3 Å². The van der Waals surface area contributed by atoms with Crippen LogP contribution in [0.3, 0.4) is 0 Å². The fourth-order valence-corrected chi connectivity index (χ4v) is 2.60. The van der Waals surface area contributed by atoms with E-state index in [1.165, 1.54) is 0 Å². The van der Waals surface area contributed by atoms with Gasteiger partial charge in [-0.25, -0.2) is 0 Å². The van der Waals surface area contributed by atoms with Crippen molar-refractivity contribution in [1.29, 1.82) is 5.26 Å². The molecule has 1 saturated heterocycles. The molecule has 100 valence electrons. The summed E-state index contributed by atoms with van der Waals surface area (Å²) in [7, 11) is 0. The van der Waals surface area contributed by atoms with Gasteiger partial charge in [-0.15, -0.1) is 0 Å². The Balaban J connectivity index is 2.11. The highest BCUT2D eigenvalue weighted by Gasteiger charge is 2.29. The van der Waals surface area contributed by atoms with E-state index in [0.717, 1.165) is 19.4 Å². The number of carbonyl (C=O) groups is 1. The summed E-state index contributed by atoms with van der Waals surface area (Å²) in [4.78, 5) is 14.2. The summed E-state index contributed by atoms with van der Waals surface area (Å²) in [6.07, 6.45) is 2.17. The minimum atomic E-state index is -0.389. The molecule has 1 aromatic rings. The van der Waals surface area contributed by atoms with E-state index in [2.05, 4.69) is 0 Å². The number of nitrogens with zero attached hydrogens (tertiary/aromatic N) is 2. The van der Waals surface area contributed by atoms with E-state index >= 15 is 0 Å². The SMILES string of the molecule is CC(O)CC1CCCN1C(=O)c1ccc(C#N)cc1. The van der Waals surface area contributed by atoms with Crippen molar-refractivity contribution in [2.24, 2.45) is 0 Å². The number of nitriles is 1. The number of rotatable bonds is 3. The lowest BCUT2D eigenvalue weighted by Gasteiger charge is -2.25. The van der Waals surface area contributed by atoms with Gasteiger partial charge in [0.25, 0.3) is 5.91 Å². The second kappa shape index (κ2) is 5.85. The summed E-state index contributed by atoms with van der Waals surface area (Å²) >= 11 is 0. The van der Waals surface area contributed by atoms with Crippen LogP contribution in [-0.2, 0) is 0 Å². The van der Waals surface area contributed by atoms with Gasteiger partial charge in [-0.2, -0.15) is 5.26 Å². The van der Waals surface area contributed by atoms with Gasteiger partial charge in [-0.05, 0) is 50.5 Å². The lowest BCUT2D eigenvalue weighted by atomic mass is 10.1. The smallest absolute Gasteiger partial charge is 0.254 e. The standard InChI is InChI=1S/C15H18N2O2/c1-11(18)9-14-3-2-8-17(14)15(19)13-6-4-12(10-16)5-7-13/h4-7,11,14,18H,2-3,8-9H2,1H3. The maximum atomic E-state index is 12.4. The van der Waals surface area contributed by atoms with Crippen molar-refractivity contribution in [3.8, 4) is 6.07 Å². The van der Waals surface area contributed by atoms with Crippen LogP contribution in [-0.4, -0.2) is 34.6 Å². The predicted octanol–water partition coefficient (Wildman–Crippen LogP) is 1.93. The van der Waals surface area contributed by atoms with Crippen molar-refractivity contribution in [2.45, 2.75) is 38.3 Å². The maximum absolute atomic E-state index is 12.4. The number of aliphatic hydroxyl groups excluding tert-OH is 1. The second-order valence-corrected chi connectivity index (χ2v) is 5.07. The van der Waals surface area contributed by atoms with E-state index in [-0.39, 0.29) is 18.1 Å². The van der Waals surface area contributed by atoms with Gasteiger partial charge in [0, 0.05) is 18.2 Å². The molecule has 1 fully saturated rings. The molecule has 0 aromatic heterocycles. The van der Waals surface area contributed by atoms with Crippen LogP contribution in [0.25, 0.3) is 0 Å². The van der Waals surface area contributed by atoms with Crippen molar-refractivity contribution in [3.63, 3.8) is 0 Å². The lowest BCUT2D eigenvalue weighted by Crippen LogP contribution is -2.37. The number of hydrogen-bond donors (Lipinski definition) is 1. The van der Waals surface area contributed by atoms with Crippen molar-refractivity contribution < 1.29 is 9.90 Å². The summed E-state index contributed by atoms with van der Waals surface area (Å²) < 4.78 is 0. The van der Waals surface area contributed by atoms with Gasteiger partial charge in [0.2, 0.25) is 0 Å². The van der Waals surface area contributed by atoms with E-state index in [9.17, 15) is 9.90 Å². The highest BCUT2D eigenvalue weighted by Crippen LogP contribution is 2.23. The molecular weight excluding hydrogens is 240 g/mol. The molecule has 0 bridgehead atoms. The van der Waals surface area contributed by atoms with Gasteiger partial charge < -0.3 is 10.0 Å². The molecule has 1 aliphatic heterocycles. The summed E-state index contributed by atoms with van der Waals surface area (Å²) in [5.41, 5.74) is 1.16. The first-order valence-corrected chi connectivity index (χ1v) is 6.61. The van der Waals surface area contributed by atoms with Crippen LogP contribution in [0.1, 0.15) is 42.1 Å². The summed E-state index contributed by atoms with van der Waals surface area (Å²) in [6.45, 7) is 2.50. The zero-order chi connectivity index (χ0) is 13.8. The van der Waals surface area contributed by atoms with Crippen molar-refractivity contribution >= 4 is 5.91 Å². The first kappa shape index (κ1) is 13.6. The lowest BCUT2D eigenvalue weighted by molar-refractivity contribution is 0.0682. The van der Waals surface area contributed by atoms with Gasteiger partial charge >= 0.3 is 0 Å². The minimum Gasteiger partial charge on any atom is -0.393 e. The molecule has 0 spiro atoms. The molecule has 1 N–H and O–H groups in total. The quantitative estimate of drug-likeness (QED) is 0.901.